The van der Waals surface area contributed by atoms with Crippen molar-refractivity contribution in [2.45, 2.75) is 23.0 Å². The predicted octanol–water partition coefficient (Wildman–Crippen LogP) is 1.78. The van der Waals surface area contributed by atoms with Crippen molar-refractivity contribution in [1.82, 2.24) is 0 Å². The van der Waals surface area contributed by atoms with E-state index in [-0.39, 0.29) is 10.8 Å². The van der Waals surface area contributed by atoms with Crippen LogP contribution in [0.25, 0.3) is 0 Å². The Hall–Kier alpha value is 0.280. The summed E-state index contributed by atoms with van der Waals surface area (Å²) in [5.41, 5.74) is 0. The molecule has 11 heavy (non-hydrogen) atoms. The van der Waals surface area contributed by atoms with Crippen LogP contribution in [0.1, 0.15) is 0 Å². The Kier molecular flexibility index (Phi) is 1.20. The van der Waals surface area contributed by atoms with Crippen LogP contribution in [-0.4, -0.2) is 23.0 Å². The van der Waals surface area contributed by atoms with Crippen molar-refractivity contribution in [2.24, 2.45) is 11.8 Å². The molecule has 2 fully saturated rings. The van der Waals surface area contributed by atoms with Crippen LogP contribution in [0, 0.1) is 11.8 Å². The molecule has 60 valence electrons. The minimum Gasteiger partial charge on any atom is -0.365 e. The van der Waals surface area contributed by atoms with E-state index in [0.29, 0.717) is 24.0 Å². The molecule has 1 nitrogen and oxygen atoms in total. The Labute approximate surface area is 75.3 Å². The van der Waals surface area contributed by atoms with Crippen LogP contribution in [0.2, 0.25) is 0 Å². The normalized spacial score (nSPS) is 64.5. The summed E-state index contributed by atoms with van der Waals surface area (Å²) in [7, 11) is 0. The minimum absolute atomic E-state index is 0.126. The summed E-state index contributed by atoms with van der Waals surface area (Å²) in [6.07, 6.45) is 5.03. The first-order valence-corrected chi connectivity index (χ1v) is 4.78. The number of halogens is 2. The monoisotopic (exact) mass is 190 g/mol. The molecule has 3 heteroatoms. The van der Waals surface area contributed by atoms with Gasteiger partial charge in [0.05, 0.1) is 16.9 Å². The predicted molar refractivity (Wildman–Crippen MR) is 44.1 cm³/mol. The SMILES string of the molecule is Cl[C@@H]1[C@H](Cl)[C@H]2C3OC3C=C[C@@H]12. The Bertz CT molecular complexity index is 228. The first-order chi connectivity index (χ1) is 5.29. The second kappa shape index (κ2) is 1.95. The van der Waals surface area contributed by atoms with Crippen LogP contribution in [0.4, 0.5) is 0 Å². The molecule has 6 atom stereocenters. The lowest BCUT2D eigenvalue weighted by Crippen LogP contribution is -2.52. The summed E-state index contributed by atoms with van der Waals surface area (Å²) in [6, 6.07) is 0. The van der Waals surface area contributed by atoms with Crippen molar-refractivity contribution in [3.05, 3.63) is 12.2 Å². The first kappa shape index (κ1) is 6.76. The Balaban J connectivity index is 1.90. The van der Waals surface area contributed by atoms with E-state index in [1.165, 1.54) is 0 Å². The largest absolute Gasteiger partial charge is 0.365 e. The number of allylic oxidation sites excluding steroid dienone is 1. The topological polar surface area (TPSA) is 12.5 Å². The number of fused-ring (bicyclic) bond motifs is 3. The van der Waals surface area contributed by atoms with E-state index in [9.17, 15) is 0 Å². The van der Waals surface area contributed by atoms with Gasteiger partial charge in [-0.3, -0.25) is 0 Å². The van der Waals surface area contributed by atoms with Gasteiger partial charge in [-0.05, 0) is 0 Å². The zero-order valence-electron chi connectivity index (χ0n) is 5.78. The molecule has 2 unspecified atom stereocenters. The van der Waals surface area contributed by atoms with E-state index in [4.69, 9.17) is 27.9 Å². The smallest absolute Gasteiger partial charge is 0.103 e. The molecule has 0 bridgehead atoms. The van der Waals surface area contributed by atoms with Gasteiger partial charge in [-0.15, -0.1) is 23.2 Å². The highest BCUT2D eigenvalue weighted by molar-refractivity contribution is 6.31. The summed E-state index contributed by atoms with van der Waals surface area (Å²) in [6.45, 7) is 0. The molecule has 0 amide bonds. The van der Waals surface area contributed by atoms with E-state index in [1.54, 1.807) is 0 Å². The second-order valence-corrected chi connectivity index (χ2v) is 4.50. The van der Waals surface area contributed by atoms with Crippen LogP contribution < -0.4 is 0 Å². The highest BCUT2D eigenvalue weighted by Gasteiger charge is 2.60. The van der Waals surface area contributed by atoms with Gasteiger partial charge in [0, 0.05) is 11.8 Å². The van der Waals surface area contributed by atoms with E-state index in [2.05, 4.69) is 12.2 Å². The van der Waals surface area contributed by atoms with Crippen LogP contribution in [-0.2, 0) is 4.74 Å². The molecule has 1 heterocycles. The molecule has 0 aromatic rings. The number of hydrogen-bond acceptors (Lipinski definition) is 1. The van der Waals surface area contributed by atoms with Crippen LogP contribution in [0.15, 0.2) is 12.2 Å². The van der Waals surface area contributed by atoms with Crippen LogP contribution >= 0.6 is 23.2 Å². The number of epoxide rings is 1. The second-order valence-electron chi connectivity index (χ2n) is 3.49. The maximum absolute atomic E-state index is 6.05. The molecule has 0 aromatic carbocycles. The molecule has 1 saturated carbocycles. The van der Waals surface area contributed by atoms with Crippen LogP contribution in [0.3, 0.4) is 0 Å². The number of ether oxygens (including phenoxy) is 1. The molecule has 0 radical (unpaired) electrons. The molecular formula is C8H8Cl2O. The van der Waals surface area contributed by atoms with Crippen molar-refractivity contribution in [2.75, 3.05) is 0 Å². The minimum atomic E-state index is 0.126. The number of hydrogen-bond donors (Lipinski definition) is 0. The number of rotatable bonds is 0. The summed E-state index contributed by atoms with van der Waals surface area (Å²) in [5, 5.41) is 0.254. The van der Waals surface area contributed by atoms with Gasteiger partial charge in [0.25, 0.3) is 0 Å². The fourth-order valence-electron chi connectivity index (χ4n) is 2.18. The quantitative estimate of drug-likeness (QED) is 0.323. The summed E-state index contributed by atoms with van der Waals surface area (Å²) in [4.78, 5) is 0. The van der Waals surface area contributed by atoms with Gasteiger partial charge in [0.15, 0.2) is 0 Å². The molecule has 3 aliphatic rings. The van der Waals surface area contributed by atoms with Gasteiger partial charge in [-0.2, -0.15) is 0 Å². The standard InChI is InChI=1S/C8H8Cl2O/c9-6-3-1-2-4-8(11-4)5(3)7(6)10/h1-8H/t3-,4?,5+,6+,7-,8?/m1/s1. The van der Waals surface area contributed by atoms with E-state index >= 15 is 0 Å². The Morgan fingerprint density at radius 2 is 1.91 bits per heavy atom. The maximum atomic E-state index is 6.05. The lowest BCUT2D eigenvalue weighted by molar-refractivity contribution is 0.185. The molecule has 3 rings (SSSR count). The van der Waals surface area contributed by atoms with Crippen molar-refractivity contribution < 1.29 is 4.74 Å². The van der Waals surface area contributed by atoms with Crippen molar-refractivity contribution in [1.29, 1.82) is 0 Å². The van der Waals surface area contributed by atoms with Gasteiger partial charge >= 0.3 is 0 Å². The van der Waals surface area contributed by atoms with E-state index in [1.807, 2.05) is 0 Å². The zero-order chi connectivity index (χ0) is 7.59. The van der Waals surface area contributed by atoms with Crippen molar-refractivity contribution >= 4 is 23.2 Å². The third kappa shape index (κ3) is 0.720. The van der Waals surface area contributed by atoms with Gasteiger partial charge in [-0.1, -0.05) is 12.2 Å². The summed E-state index contributed by atoms with van der Waals surface area (Å²) in [5.74, 6) is 0.970. The molecule has 2 aliphatic carbocycles. The maximum Gasteiger partial charge on any atom is 0.103 e. The van der Waals surface area contributed by atoms with Gasteiger partial charge in [-0.25, -0.2) is 0 Å². The Morgan fingerprint density at radius 1 is 1.09 bits per heavy atom. The highest BCUT2D eigenvalue weighted by Crippen LogP contribution is 2.54. The Morgan fingerprint density at radius 3 is 2.73 bits per heavy atom. The zero-order valence-corrected chi connectivity index (χ0v) is 7.29. The molecule has 1 saturated heterocycles. The lowest BCUT2D eigenvalue weighted by atomic mass is 9.68. The summed E-state index contributed by atoms with van der Waals surface area (Å²) < 4.78 is 5.40. The first-order valence-electron chi connectivity index (χ1n) is 3.91. The van der Waals surface area contributed by atoms with Gasteiger partial charge in [0.2, 0.25) is 0 Å². The van der Waals surface area contributed by atoms with E-state index < -0.39 is 0 Å². The van der Waals surface area contributed by atoms with Crippen molar-refractivity contribution in [3.8, 4) is 0 Å². The van der Waals surface area contributed by atoms with E-state index in [0.717, 1.165) is 0 Å². The molecular weight excluding hydrogens is 183 g/mol. The number of alkyl halides is 2. The van der Waals surface area contributed by atoms with Gasteiger partial charge in [0.1, 0.15) is 6.10 Å². The average molecular weight is 191 g/mol. The van der Waals surface area contributed by atoms with Gasteiger partial charge < -0.3 is 4.74 Å². The van der Waals surface area contributed by atoms with Crippen molar-refractivity contribution in [3.63, 3.8) is 0 Å². The van der Waals surface area contributed by atoms with Crippen LogP contribution in [0.5, 0.6) is 0 Å². The third-order valence-corrected chi connectivity index (χ3v) is 4.20. The fourth-order valence-corrected chi connectivity index (χ4v) is 3.08. The third-order valence-electron chi connectivity index (χ3n) is 2.95. The average Bonchev–Trinajstić information content (AvgIpc) is 2.78. The molecule has 0 spiro atoms. The highest BCUT2D eigenvalue weighted by atomic mass is 35.5. The molecule has 0 N–H and O–H groups in total. The molecule has 0 aromatic heterocycles. The lowest BCUT2D eigenvalue weighted by Gasteiger charge is -2.45. The molecule has 1 aliphatic heterocycles. The fraction of sp³-hybridized carbons (Fsp3) is 0.750. The summed E-state index contributed by atoms with van der Waals surface area (Å²) >= 11 is 12.1.